The minimum Gasteiger partial charge on any atom is -0.481 e. The molecule has 1 aliphatic heterocycles. The SMILES string of the molecule is O=C(O)C1(CNCc2ccc3ncoc3c2)COC1. The maximum absolute atomic E-state index is 11.1. The van der Waals surface area contributed by atoms with Crippen LogP contribution >= 0.6 is 0 Å². The number of ether oxygens (including phenoxy) is 1. The van der Waals surface area contributed by atoms with Gasteiger partial charge in [-0.2, -0.15) is 0 Å². The Balaban J connectivity index is 1.61. The summed E-state index contributed by atoms with van der Waals surface area (Å²) < 4.78 is 10.2. The second-order valence-electron chi connectivity index (χ2n) is 4.84. The number of hydrogen-bond donors (Lipinski definition) is 2. The third-order valence-corrected chi connectivity index (χ3v) is 3.40. The van der Waals surface area contributed by atoms with Crippen LogP contribution in [0.4, 0.5) is 0 Å². The van der Waals surface area contributed by atoms with E-state index in [2.05, 4.69) is 10.3 Å². The van der Waals surface area contributed by atoms with Crippen LogP contribution in [0.1, 0.15) is 5.56 Å². The molecule has 3 rings (SSSR count). The first-order valence-corrected chi connectivity index (χ1v) is 6.04. The van der Waals surface area contributed by atoms with E-state index in [1.807, 2.05) is 18.2 Å². The van der Waals surface area contributed by atoms with Crippen molar-refractivity contribution in [2.75, 3.05) is 19.8 Å². The van der Waals surface area contributed by atoms with Gasteiger partial charge in [0.15, 0.2) is 12.0 Å². The number of benzene rings is 1. The van der Waals surface area contributed by atoms with Crippen LogP contribution in [0.3, 0.4) is 0 Å². The summed E-state index contributed by atoms with van der Waals surface area (Å²) in [6.45, 7) is 1.54. The van der Waals surface area contributed by atoms with E-state index in [0.717, 1.165) is 16.7 Å². The molecule has 1 saturated heterocycles. The first-order chi connectivity index (χ1) is 9.20. The second-order valence-corrected chi connectivity index (χ2v) is 4.84. The third kappa shape index (κ3) is 2.20. The molecule has 1 aromatic heterocycles. The van der Waals surface area contributed by atoms with Crippen LogP contribution in [0.5, 0.6) is 0 Å². The predicted octanol–water partition coefficient (Wildman–Crippen LogP) is 1.02. The monoisotopic (exact) mass is 262 g/mol. The molecule has 1 aromatic carbocycles. The Bertz CT molecular complexity index is 603. The summed E-state index contributed by atoms with van der Waals surface area (Å²) in [5, 5.41) is 12.3. The van der Waals surface area contributed by atoms with E-state index in [-0.39, 0.29) is 13.2 Å². The number of aromatic nitrogens is 1. The van der Waals surface area contributed by atoms with Gasteiger partial charge in [-0.05, 0) is 17.7 Å². The first kappa shape index (κ1) is 12.1. The highest BCUT2D eigenvalue weighted by Crippen LogP contribution is 2.27. The van der Waals surface area contributed by atoms with Crippen LogP contribution in [0, 0.1) is 5.41 Å². The topological polar surface area (TPSA) is 84.6 Å². The van der Waals surface area contributed by atoms with Gasteiger partial charge in [-0.1, -0.05) is 6.07 Å². The molecule has 0 radical (unpaired) electrons. The normalized spacial score (nSPS) is 17.3. The van der Waals surface area contributed by atoms with E-state index in [1.54, 1.807) is 0 Å². The zero-order valence-electron chi connectivity index (χ0n) is 10.3. The van der Waals surface area contributed by atoms with Crippen LogP contribution in [0.25, 0.3) is 11.1 Å². The van der Waals surface area contributed by atoms with Crippen molar-refractivity contribution in [3.8, 4) is 0 Å². The predicted molar refractivity (Wildman–Crippen MR) is 66.6 cm³/mol. The quantitative estimate of drug-likeness (QED) is 0.836. The van der Waals surface area contributed by atoms with Gasteiger partial charge in [-0.25, -0.2) is 4.98 Å². The number of nitrogens with one attached hydrogen (secondary N) is 1. The molecule has 2 N–H and O–H groups in total. The Kier molecular flexibility index (Phi) is 2.96. The van der Waals surface area contributed by atoms with Crippen molar-refractivity contribution in [3.05, 3.63) is 30.2 Å². The highest BCUT2D eigenvalue weighted by atomic mass is 16.5. The summed E-state index contributed by atoms with van der Waals surface area (Å²) in [4.78, 5) is 15.2. The fourth-order valence-electron chi connectivity index (χ4n) is 2.11. The molecule has 0 spiro atoms. The van der Waals surface area contributed by atoms with Gasteiger partial charge >= 0.3 is 5.97 Å². The summed E-state index contributed by atoms with van der Waals surface area (Å²) in [5.74, 6) is -0.808. The van der Waals surface area contributed by atoms with E-state index < -0.39 is 11.4 Å². The van der Waals surface area contributed by atoms with Gasteiger partial charge in [0.25, 0.3) is 0 Å². The molecule has 0 bridgehead atoms. The minimum atomic E-state index is -0.808. The van der Waals surface area contributed by atoms with E-state index >= 15 is 0 Å². The van der Waals surface area contributed by atoms with E-state index in [4.69, 9.17) is 14.3 Å². The van der Waals surface area contributed by atoms with Crippen LogP contribution in [-0.2, 0) is 16.1 Å². The minimum absolute atomic E-state index is 0.274. The van der Waals surface area contributed by atoms with E-state index in [1.165, 1.54) is 6.39 Å². The van der Waals surface area contributed by atoms with Gasteiger partial charge in [0.1, 0.15) is 10.9 Å². The van der Waals surface area contributed by atoms with E-state index in [9.17, 15) is 4.79 Å². The Hall–Kier alpha value is -1.92. The standard InChI is InChI=1S/C13H14N2O4/c16-12(17)13(6-18-7-13)5-14-4-9-1-2-10-11(3-9)19-8-15-10/h1-3,8,14H,4-7H2,(H,16,17). The first-order valence-electron chi connectivity index (χ1n) is 6.04. The molecule has 1 aliphatic rings. The molecule has 0 saturated carbocycles. The van der Waals surface area contributed by atoms with Crippen molar-refractivity contribution in [3.63, 3.8) is 0 Å². The summed E-state index contributed by atoms with van der Waals surface area (Å²) in [6.07, 6.45) is 1.41. The number of fused-ring (bicyclic) bond motifs is 1. The summed E-state index contributed by atoms with van der Waals surface area (Å²) in [5.41, 5.74) is 1.82. The fraction of sp³-hybridized carbons (Fsp3) is 0.385. The fourth-order valence-corrected chi connectivity index (χ4v) is 2.11. The lowest BCUT2D eigenvalue weighted by Gasteiger charge is -2.37. The molecule has 1 fully saturated rings. The van der Waals surface area contributed by atoms with Crippen molar-refractivity contribution in [1.29, 1.82) is 0 Å². The molecular formula is C13H14N2O4. The summed E-state index contributed by atoms with van der Waals surface area (Å²) in [7, 11) is 0. The Labute approximate surface area is 109 Å². The summed E-state index contributed by atoms with van der Waals surface area (Å²) >= 11 is 0. The second kappa shape index (κ2) is 4.64. The van der Waals surface area contributed by atoms with Gasteiger partial charge in [-0.15, -0.1) is 0 Å². The average molecular weight is 262 g/mol. The lowest BCUT2D eigenvalue weighted by Crippen LogP contribution is -2.55. The molecule has 0 amide bonds. The molecule has 0 unspecified atom stereocenters. The van der Waals surface area contributed by atoms with Gasteiger partial charge < -0.3 is 19.6 Å². The van der Waals surface area contributed by atoms with Crippen molar-refractivity contribution in [1.82, 2.24) is 10.3 Å². The molecule has 0 aliphatic carbocycles. The molecule has 6 heteroatoms. The number of carboxylic acid groups (broad SMARTS) is 1. The zero-order chi connectivity index (χ0) is 13.3. The molecule has 100 valence electrons. The maximum Gasteiger partial charge on any atom is 0.315 e. The van der Waals surface area contributed by atoms with Crippen LogP contribution in [0.2, 0.25) is 0 Å². The number of oxazole rings is 1. The summed E-state index contributed by atoms with van der Waals surface area (Å²) in [6, 6.07) is 5.73. The lowest BCUT2D eigenvalue weighted by molar-refractivity contribution is -0.178. The smallest absolute Gasteiger partial charge is 0.315 e. The van der Waals surface area contributed by atoms with Crippen LogP contribution < -0.4 is 5.32 Å². The molecular weight excluding hydrogens is 248 g/mol. The van der Waals surface area contributed by atoms with Crippen molar-refractivity contribution < 1.29 is 19.1 Å². The van der Waals surface area contributed by atoms with Crippen molar-refractivity contribution >= 4 is 17.1 Å². The van der Waals surface area contributed by atoms with Crippen molar-refractivity contribution in [2.24, 2.45) is 5.41 Å². The van der Waals surface area contributed by atoms with Gasteiger partial charge in [0.2, 0.25) is 0 Å². The maximum atomic E-state index is 11.1. The van der Waals surface area contributed by atoms with E-state index in [0.29, 0.717) is 13.1 Å². The Morgan fingerprint density at radius 3 is 3.00 bits per heavy atom. The van der Waals surface area contributed by atoms with Crippen LogP contribution in [0.15, 0.2) is 29.0 Å². The number of carboxylic acids is 1. The van der Waals surface area contributed by atoms with Gasteiger partial charge in [0.05, 0.1) is 13.2 Å². The average Bonchev–Trinajstić information content (AvgIpc) is 2.79. The number of rotatable bonds is 5. The van der Waals surface area contributed by atoms with Gasteiger partial charge in [0, 0.05) is 13.1 Å². The molecule has 6 nitrogen and oxygen atoms in total. The molecule has 2 heterocycles. The van der Waals surface area contributed by atoms with Crippen molar-refractivity contribution in [2.45, 2.75) is 6.54 Å². The molecule has 0 atom stereocenters. The lowest BCUT2D eigenvalue weighted by atomic mass is 9.86. The Morgan fingerprint density at radius 1 is 1.47 bits per heavy atom. The number of aliphatic carboxylic acids is 1. The molecule has 19 heavy (non-hydrogen) atoms. The zero-order valence-corrected chi connectivity index (χ0v) is 10.3. The number of hydrogen-bond acceptors (Lipinski definition) is 5. The third-order valence-electron chi connectivity index (χ3n) is 3.40. The van der Waals surface area contributed by atoms with Gasteiger partial charge in [-0.3, -0.25) is 4.79 Å². The largest absolute Gasteiger partial charge is 0.481 e. The number of carbonyl (C=O) groups is 1. The highest BCUT2D eigenvalue weighted by Gasteiger charge is 2.45. The van der Waals surface area contributed by atoms with Crippen LogP contribution in [-0.4, -0.2) is 35.8 Å². The number of nitrogens with zero attached hydrogens (tertiary/aromatic N) is 1. The molecule has 2 aromatic rings. The Morgan fingerprint density at radius 2 is 2.32 bits per heavy atom. The highest BCUT2D eigenvalue weighted by molar-refractivity contribution is 5.76.